The van der Waals surface area contributed by atoms with Gasteiger partial charge in [-0.2, -0.15) is 0 Å². The zero-order valence-electron chi connectivity index (χ0n) is 11.2. The summed E-state index contributed by atoms with van der Waals surface area (Å²) in [6, 6.07) is 5.64. The van der Waals surface area contributed by atoms with E-state index in [1.165, 1.54) is 10.1 Å². The number of aromatic hydroxyl groups is 1. The molecule has 1 aliphatic heterocycles. The lowest BCUT2D eigenvalue weighted by Crippen LogP contribution is -2.19. The summed E-state index contributed by atoms with van der Waals surface area (Å²) in [5, 5.41) is 23.0. The Bertz CT molecular complexity index is 728. The summed E-state index contributed by atoms with van der Waals surface area (Å²) in [6.45, 7) is 1.80. The first-order valence-electron chi connectivity index (χ1n) is 6.54. The highest BCUT2D eigenvalue weighted by Gasteiger charge is 2.20. The van der Waals surface area contributed by atoms with Gasteiger partial charge in [-0.15, -0.1) is 0 Å². The molecule has 0 bridgehead atoms. The highest BCUT2D eigenvalue weighted by Crippen LogP contribution is 2.32. The van der Waals surface area contributed by atoms with E-state index in [0.29, 0.717) is 5.39 Å². The average Bonchev–Trinajstić information content (AvgIpc) is 2.71. The molecule has 20 heavy (non-hydrogen) atoms. The van der Waals surface area contributed by atoms with Crippen LogP contribution >= 0.6 is 0 Å². The second-order valence-electron chi connectivity index (χ2n) is 4.98. The SMILES string of the molecule is Cn1c(O)c(C(=O)O)c2ccc(C3=CCNCC3)cc21. The number of hydrogen-bond acceptors (Lipinski definition) is 3. The molecule has 1 aromatic heterocycles. The van der Waals surface area contributed by atoms with Crippen LogP contribution in [0, 0.1) is 0 Å². The van der Waals surface area contributed by atoms with E-state index < -0.39 is 5.97 Å². The van der Waals surface area contributed by atoms with Crippen LogP contribution in [0.3, 0.4) is 0 Å². The van der Waals surface area contributed by atoms with Gasteiger partial charge in [-0.1, -0.05) is 18.2 Å². The van der Waals surface area contributed by atoms with Gasteiger partial charge in [0.2, 0.25) is 5.88 Å². The molecule has 3 rings (SSSR count). The molecule has 0 radical (unpaired) electrons. The molecule has 3 N–H and O–H groups in total. The number of carboxylic acids is 1. The summed E-state index contributed by atoms with van der Waals surface area (Å²) in [7, 11) is 1.67. The number of aromatic nitrogens is 1. The zero-order chi connectivity index (χ0) is 14.3. The number of aryl methyl sites for hydroxylation is 1. The summed E-state index contributed by atoms with van der Waals surface area (Å²) in [5.41, 5.74) is 3.03. The molecule has 0 saturated heterocycles. The quantitative estimate of drug-likeness (QED) is 0.781. The van der Waals surface area contributed by atoms with Crippen LogP contribution in [0.25, 0.3) is 16.5 Å². The van der Waals surface area contributed by atoms with Crippen molar-refractivity contribution >= 4 is 22.4 Å². The molecule has 1 aromatic carbocycles. The largest absolute Gasteiger partial charge is 0.494 e. The van der Waals surface area contributed by atoms with Crippen LogP contribution in [0.1, 0.15) is 22.3 Å². The molecule has 0 aliphatic carbocycles. The maximum Gasteiger partial charge on any atom is 0.341 e. The van der Waals surface area contributed by atoms with Gasteiger partial charge in [-0.3, -0.25) is 0 Å². The second-order valence-corrected chi connectivity index (χ2v) is 4.98. The maximum absolute atomic E-state index is 11.2. The molecule has 0 spiro atoms. The Labute approximate surface area is 116 Å². The van der Waals surface area contributed by atoms with Crippen molar-refractivity contribution in [1.29, 1.82) is 0 Å². The number of carboxylic acid groups (broad SMARTS) is 1. The van der Waals surface area contributed by atoms with Gasteiger partial charge in [0.05, 0.1) is 5.52 Å². The molecular formula is C15H16N2O3. The molecule has 0 unspecified atom stereocenters. The van der Waals surface area contributed by atoms with Crippen LogP contribution in [0.5, 0.6) is 5.88 Å². The summed E-state index contributed by atoms with van der Waals surface area (Å²) in [4.78, 5) is 11.2. The molecule has 104 valence electrons. The number of rotatable bonds is 2. The first-order chi connectivity index (χ1) is 9.59. The lowest BCUT2D eigenvalue weighted by atomic mass is 9.99. The van der Waals surface area contributed by atoms with Crippen molar-refractivity contribution in [1.82, 2.24) is 9.88 Å². The lowest BCUT2D eigenvalue weighted by Gasteiger charge is -2.14. The fourth-order valence-corrected chi connectivity index (χ4v) is 2.72. The van der Waals surface area contributed by atoms with Crippen LogP contribution in [0.2, 0.25) is 0 Å². The minimum absolute atomic E-state index is 0.0339. The Morgan fingerprint density at radius 1 is 1.40 bits per heavy atom. The Balaban J connectivity index is 2.19. The number of nitrogens with one attached hydrogen (secondary N) is 1. The van der Waals surface area contributed by atoms with Gasteiger partial charge in [0.1, 0.15) is 5.56 Å². The minimum atomic E-state index is -1.11. The third-order valence-electron chi connectivity index (χ3n) is 3.82. The van der Waals surface area contributed by atoms with E-state index in [2.05, 4.69) is 11.4 Å². The second kappa shape index (κ2) is 4.68. The molecule has 0 saturated carbocycles. The summed E-state index contributed by atoms with van der Waals surface area (Å²) in [6.07, 6.45) is 3.10. The molecule has 0 fully saturated rings. The number of fused-ring (bicyclic) bond motifs is 1. The van der Waals surface area contributed by atoms with Crippen molar-refractivity contribution in [2.24, 2.45) is 7.05 Å². The Kier molecular flexibility index (Phi) is 2.99. The van der Waals surface area contributed by atoms with Crippen LogP contribution in [-0.4, -0.2) is 33.8 Å². The van der Waals surface area contributed by atoms with Crippen molar-refractivity contribution in [3.63, 3.8) is 0 Å². The van der Waals surface area contributed by atoms with Crippen molar-refractivity contribution < 1.29 is 15.0 Å². The van der Waals surface area contributed by atoms with Gasteiger partial charge >= 0.3 is 5.97 Å². The molecule has 1 aliphatic rings. The fourth-order valence-electron chi connectivity index (χ4n) is 2.72. The van der Waals surface area contributed by atoms with Gasteiger partial charge in [-0.05, 0) is 30.2 Å². The highest BCUT2D eigenvalue weighted by molar-refractivity contribution is 6.06. The average molecular weight is 272 g/mol. The van der Waals surface area contributed by atoms with Gasteiger partial charge in [0, 0.05) is 19.0 Å². The first-order valence-corrected chi connectivity index (χ1v) is 6.54. The van der Waals surface area contributed by atoms with Gasteiger partial charge in [0.15, 0.2) is 0 Å². The number of aromatic carboxylic acids is 1. The lowest BCUT2D eigenvalue weighted by molar-refractivity contribution is 0.0695. The number of nitrogens with zero attached hydrogens (tertiary/aromatic N) is 1. The predicted octanol–water partition coefficient (Wildman–Crippen LogP) is 1.96. The molecule has 0 amide bonds. The zero-order valence-corrected chi connectivity index (χ0v) is 11.2. The summed E-state index contributed by atoms with van der Waals surface area (Å²) in [5.74, 6) is -1.31. The Morgan fingerprint density at radius 3 is 2.85 bits per heavy atom. The van der Waals surface area contributed by atoms with Gasteiger partial charge in [0.25, 0.3) is 0 Å². The molecule has 5 heteroatoms. The third kappa shape index (κ3) is 1.87. The van der Waals surface area contributed by atoms with E-state index in [1.807, 2.05) is 12.1 Å². The standard InChI is InChI=1S/C15H16N2O3/c1-17-12-8-10(9-4-6-16-7-5-9)2-3-11(12)13(14(17)18)15(19)20/h2-4,8,16,18H,5-7H2,1H3,(H,19,20). The van der Waals surface area contributed by atoms with Gasteiger partial charge in [-0.25, -0.2) is 4.79 Å². The van der Waals surface area contributed by atoms with Crippen LogP contribution in [0.4, 0.5) is 0 Å². The van der Waals surface area contributed by atoms with E-state index in [4.69, 9.17) is 0 Å². The van der Waals surface area contributed by atoms with E-state index in [0.717, 1.165) is 30.6 Å². The number of benzene rings is 1. The Hall–Kier alpha value is -2.27. The number of carbonyl (C=O) groups is 1. The molecule has 2 aromatic rings. The van der Waals surface area contributed by atoms with Crippen LogP contribution in [0.15, 0.2) is 24.3 Å². The van der Waals surface area contributed by atoms with Crippen LogP contribution in [-0.2, 0) is 7.05 Å². The molecule has 0 atom stereocenters. The topological polar surface area (TPSA) is 74.5 Å². The summed E-state index contributed by atoms with van der Waals surface area (Å²) < 4.78 is 1.52. The molecule has 5 nitrogen and oxygen atoms in total. The van der Waals surface area contributed by atoms with E-state index in [-0.39, 0.29) is 11.4 Å². The fraction of sp³-hybridized carbons (Fsp3) is 0.267. The van der Waals surface area contributed by atoms with E-state index in [1.54, 1.807) is 13.1 Å². The normalized spacial score (nSPS) is 15.3. The summed E-state index contributed by atoms with van der Waals surface area (Å²) >= 11 is 0. The van der Waals surface area contributed by atoms with Gasteiger partial charge < -0.3 is 20.1 Å². The minimum Gasteiger partial charge on any atom is -0.494 e. The third-order valence-corrected chi connectivity index (χ3v) is 3.82. The molecule has 2 heterocycles. The monoisotopic (exact) mass is 272 g/mol. The van der Waals surface area contributed by atoms with Crippen molar-refractivity contribution in [2.75, 3.05) is 13.1 Å². The smallest absolute Gasteiger partial charge is 0.341 e. The predicted molar refractivity (Wildman–Crippen MR) is 77.0 cm³/mol. The van der Waals surface area contributed by atoms with E-state index in [9.17, 15) is 15.0 Å². The van der Waals surface area contributed by atoms with Crippen molar-refractivity contribution in [2.45, 2.75) is 6.42 Å². The molecular weight excluding hydrogens is 256 g/mol. The van der Waals surface area contributed by atoms with Crippen LogP contribution < -0.4 is 5.32 Å². The van der Waals surface area contributed by atoms with Crippen molar-refractivity contribution in [3.8, 4) is 5.88 Å². The number of hydrogen-bond donors (Lipinski definition) is 3. The van der Waals surface area contributed by atoms with E-state index >= 15 is 0 Å². The first kappa shape index (κ1) is 12.7. The Morgan fingerprint density at radius 2 is 2.20 bits per heavy atom. The maximum atomic E-state index is 11.2. The highest BCUT2D eigenvalue weighted by atomic mass is 16.4. The van der Waals surface area contributed by atoms with Crippen molar-refractivity contribution in [3.05, 3.63) is 35.4 Å².